The lowest BCUT2D eigenvalue weighted by atomic mass is 9.93. The quantitative estimate of drug-likeness (QED) is 0.560. The van der Waals surface area contributed by atoms with Gasteiger partial charge in [-0.15, -0.1) is 0 Å². The Morgan fingerprint density at radius 2 is 1.83 bits per heavy atom. The molecule has 0 fully saturated rings. The van der Waals surface area contributed by atoms with Crippen LogP contribution in [0.4, 0.5) is 0 Å². The van der Waals surface area contributed by atoms with Gasteiger partial charge in [-0.25, -0.2) is 0 Å². The van der Waals surface area contributed by atoms with Crippen LogP contribution in [0.25, 0.3) is 0 Å². The highest BCUT2D eigenvalue weighted by Gasteiger charge is 2.11. The second-order valence-corrected chi connectivity index (χ2v) is 3.00. The third-order valence-electron chi connectivity index (χ3n) is 2.03. The number of allylic oxidation sites excluding steroid dienone is 5. The fourth-order valence-electron chi connectivity index (χ4n) is 1.23. The highest BCUT2D eigenvalue weighted by atomic mass is 14.7. The van der Waals surface area contributed by atoms with Crippen molar-refractivity contribution < 1.29 is 0 Å². The van der Waals surface area contributed by atoms with Crippen LogP contribution in [0.15, 0.2) is 40.4 Å². The first-order valence-electron chi connectivity index (χ1n) is 4.26. The van der Waals surface area contributed by atoms with Gasteiger partial charge in [0.25, 0.3) is 0 Å². The van der Waals surface area contributed by atoms with Gasteiger partial charge in [0.1, 0.15) is 0 Å². The van der Waals surface area contributed by atoms with Crippen molar-refractivity contribution in [1.82, 2.24) is 0 Å². The lowest BCUT2D eigenvalue weighted by molar-refractivity contribution is 1.12. The van der Waals surface area contributed by atoms with Gasteiger partial charge in [-0.05, 0) is 37.5 Å². The third kappa shape index (κ3) is 1.55. The molecule has 0 radical (unpaired) electrons. The number of rotatable bonds is 1. The predicted molar refractivity (Wildman–Crippen MR) is 54.6 cm³/mol. The molecule has 0 unspecified atom stereocenters. The summed E-state index contributed by atoms with van der Waals surface area (Å²) in [5.74, 6) is 0. The van der Waals surface area contributed by atoms with Gasteiger partial charge in [-0.1, -0.05) is 18.7 Å². The Labute approximate surface area is 74.2 Å². The minimum atomic E-state index is 0.826. The third-order valence-corrected chi connectivity index (χ3v) is 2.03. The summed E-state index contributed by atoms with van der Waals surface area (Å²) in [5, 5.41) is 0. The summed E-state index contributed by atoms with van der Waals surface area (Å²) in [6.07, 6.45) is 4.19. The van der Waals surface area contributed by atoms with Gasteiger partial charge in [-0.3, -0.25) is 4.99 Å². The molecule has 0 saturated heterocycles. The number of nitrogens with zero attached hydrogens (tertiary/aromatic N) is 1. The SMILES string of the molecule is C=C1C(C)=CC=C(C)/C1=N/CC. The summed E-state index contributed by atoms with van der Waals surface area (Å²) in [7, 11) is 0. The summed E-state index contributed by atoms with van der Waals surface area (Å²) in [6, 6.07) is 0. The Balaban J connectivity index is 3.06. The Kier molecular flexibility index (Phi) is 2.64. The van der Waals surface area contributed by atoms with Crippen LogP contribution in [-0.2, 0) is 0 Å². The first kappa shape index (κ1) is 8.98. The molecule has 0 saturated carbocycles. The molecule has 1 rings (SSSR count). The largest absolute Gasteiger partial charge is 0.285 e. The molecule has 0 atom stereocenters. The molecule has 0 aromatic carbocycles. The van der Waals surface area contributed by atoms with E-state index in [0.717, 1.165) is 17.8 Å². The van der Waals surface area contributed by atoms with Gasteiger partial charge >= 0.3 is 0 Å². The molecular weight excluding hydrogens is 146 g/mol. The molecule has 64 valence electrons. The molecule has 0 N–H and O–H groups in total. The standard InChI is InChI=1S/C11H15N/c1-5-12-11-9(3)7-6-8(2)10(11)4/h6-7H,4-5H2,1-3H3/b12-11-. The van der Waals surface area contributed by atoms with Crippen LogP contribution < -0.4 is 0 Å². The Hall–Kier alpha value is -1.11. The summed E-state index contributed by atoms with van der Waals surface area (Å²) < 4.78 is 0. The first-order valence-corrected chi connectivity index (χ1v) is 4.26. The van der Waals surface area contributed by atoms with E-state index in [4.69, 9.17) is 0 Å². The average molecular weight is 161 g/mol. The number of hydrogen-bond acceptors (Lipinski definition) is 1. The van der Waals surface area contributed by atoms with Crippen LogP contribution in [0.1, 0.15) is 20.8 Å². The summed E-state index contributed by atoms with van der Waals surface area (Å²) in [5.41, 5.74) is 4.56. The zero-order valence-corrected chi connectivity index (χ0v) is 8.02. The smallest absolute Gasteiger partial charge is 0.0672 e. The fourth-order valence-corrected chi connectivity index (χ4v) is 1.23. The van der Waals surface area contributed by atoms with Gasteiger partial charge in [0.15, 0.2) is 0 Å². The van der Waals surface area contributed by atoms with Crippen molar-refractivity contribution >= 4 is 5.71 Å². The van der Waals surface area contributed by atoms with Gasteiger partial charge in [0.05, 0.1) is 5.71 Å². The van der Waals surface area contributed by atoms with Crippen molar-refractivity contribution in [3.63, 3.8) is 0 Å². The first-order chi connectivity index (χ1) is 5.66. The summed E-state index contributed by atoms with van der Waals surface area (Å²) in [4.78, 5) is 4.40. The number of aliphatic imine (C=N–C) groups is 1. The molecule has 0 bridgehead atoms. The normalized spacial score (nSPS) is 20.9. The molecule has 0 aromatic heterocycles. The van der Waals surface area contributed by atoms with Crippen LogP contribution in [0.3, 0.4) is 0 Å². The maximum Gasteiger partial charge on any atom is 0.0672 e. The van der Waals surface area contributed by atoms with E-state index in [1.54, 1.807) is 0 Å². The molecule has 0 amide bonds. The van der Waals surface area contributed by atoms with Gasteiger partial charge in [0.2, 0.25) is 0 Å². The lowest BCUT2D eigenvalue weighted by Gasteiger charge is -2.14. The minimum Gasteiger partial charge on any atom is -0.285 e. The molecular formula is C11H15N. The molecule has 1 nitrogen and oxygen atoms in total. The van der Waals surface area contributed by atoms with E-state index >= 15 is 0 Å². The van der Waals surface area contributed by atoms with E-state index in [-0.39, 0.29) is 0 Å². The maximum absolute atomic E-state index is 4.40. The topological polar surface area (TPSA) is 12.4 Å². The molecule has 0 aromatic rings. The number of hydrogen-bond donors (Lipinski definition) is 0. The van der Waals surface area contributed by atoms with Crippen molar-refractivity contribution in [2.45, 2.75) is 20.8 Å². The monoisotopic (exact) mass is 161 g/mol. The van der Waals surface area contributed by atoms with Gasteiger partial charge < -0.3 is 0 Å². The van der Waals surface area contributed by atoms with E-state index in [2.05, 4.69) is 37.6 Å². The van der Waals surface area contributed by atoms with Crippen molar-refractivity contribution in [2.24, 2.45) is 4.99 Å². The second-order valence-electron chi connectivity index (χ2n) is 3.00. The van der Waals surface area contributed by atoms with E-state index < -0.39 is 0 Å². The van der Waals surface area contributed by atoms with Gasteiger partial charge in [0, 0.05) is 6.54 Å². The fraction of sp³-hybridized carbons (Fsp3) is 0.364. The molecule has 1 heteroatoms. The Morgan fingerprint density at radius 1 is 1.25 bits per heavy atom. The average Bonchev–Trinajstić information content (AvgIpc) is 2.06. The molecule has 12 heavy (non-hydrogen) atoms. The van der Waals surface area contributed by atoms with Crippen LogP contribution in [-0.4, -0.2) is 12.3 Å². The minimum absolute atomic E-state index is 0.826. The maximum atomic E-state index is 4.40. The van der Waals surface area contributed by atoms with E-state index in [0.29, 0.717) is 0 Å². The van der Waals surface area contributed by atoms with Crippen LogP contribution >= 0.6 is 0 Å². The highest BCUT2D eigenvalue weighted by Crippen LogP contribution is 2.19. The molecule has 1 aliphatic carbocycles. The van der Waals surface area contributed by atoms with Crippen molar-refractivity contribution in [2.75, 3.05) is 6.54 Å². The van der Waals surface area contributed by atoms with Gasteiger partial charge in [-0.2, -0.15) is 0 Å². The molecule has 0 spiro atoms. The van der Waals surface area contributed by atoms with Crippen LogP contribution in [0, 0.1) is 0 Å². The summed E-state index contributed by atoms with van der Waals surface area (Å²) >= 11 is 0. The van der Waals surface area contributed by atoms with E-state index in [1.807, 2.05) is 6.92 Å². The Morgan fingerprint density at radius 3 is 2.42 bits per heavy atom. The van der Waals surface area contributed by atoms with E-state index in [9.17, 15) is 0 Å². The van der Waals surface area contributed by atoms with Crippen molar-refractivity contribution in [3.05, 3.63) is 35.5 Å². The second kappa shape index (κ2) is 3.53. The van der Waals surface area contributed by atoms with Crippen molar-refractivity contribution in [1.29, 1.82) is 0 Å². The zero-order valence-electron chi connectivity index (χ0n) is 8.02. The highest BCUT2D eigenvalue weighted by molar-refractivity contribution is 6.15. The van der Waals surface area contributed by atoms with Crippen LogP contribution in [0.2, 0.25) is 0 Å². The predicted octanol–water partition coefficient (Wildman–Crippen LogP) is 2.91. The van der Waals surface area contributed by atoms with Crippen molar-refractivity contribution in [3.8, 4) is 0 Å². The lowest BCUT2D eigenvalue weighted by Crippen LogP contribution is -2.08. The zero-order chi connectivity index (χ0) is 9.14. The summed E-state index contributed by atoms with van der Waals surface area (Å²) in [6.45, 7) is 11.0. The molecule has 0 aliphatic heterocycles. The van der Waals surface area contributed by atoms with Crippen LogP contribution in [0.5, 0.6) is 0 Å². The van der Waals surface area contributed by atoms with E-state index in [1.165, 1.54) is 11.1 Å². The molecule has 0 heterocycles. The Bertz CT molecular complexity index is 286. The molecule has 1 aliphatic rings.